The van der Waals surface area contributed by atoms with Crippen molar-refractivity contribution in [3.8, 4) is 11.5 Å². The van der Waals surface area contributed by atoms with Crippen LogP contribution in [-0.2, 0) is 6.54 Å². The van der Waals surface area contributed by atoms with Crippen LogP contribution in [-0.4, -0.2) is 31.0 Å². The second kappa shape index (κ2) is 6.98. The standard InChI is InChI=1S/C14H20ClNO3/c1-2-11(9-17)16-8-10-6-12(15)14-13(7-10)18-4-3-5-19-14/h6-7,11,16-17H,2-5,8-9H2,1H3/t11-/m0/s1. The average molecular weight is 286 g/mol. The number of aliphatic hydroxyl groups excluding tert-OH is 1. The van der Waals surface area contributed by atoms with Gasteiger partial charge in [0, 0.05) is 19.0 Å². The van der Waals surface area contributed by atoms with Gasteiger partial charge < -0.3 is 19.9 Å². The lowest BCUT2D eigenvalue weighted by Gasteiger charge is -2.16. The van der Waals surface area contributed by atoms with Crippen molar-refractivity contribution in [2.45, 2.75) is 32.4 Å². The van der Waals surface area contributed by atoms with Crippen LogP contribution in [0.4, 0.5) is 0 Å². The first-order valence-corrected chi connectivity index (χ1v) is 7.04. The van der Waals surface area contributed by atoms with Gasteiger partial charge in [0.15, 0.2) is 11.5 Å². The van der Waals surface area contributed by atoms with Gasteiger partial charge in [-0.25, -0.2) is 0 Å². The highest BCUT2D eigenvalue weighted by Gasteiger charge is 2.15. The van der Waals surface area contributed by atoms with E-state index in [9.17, 15) is 0 Å². The van der Waals surface area contributed by atoms with Crippen molar-refractivity contribution >= 4 is 11.6 Å². The molecule has 0 saturated carbocycles. The summed E-state index contributed by atoms with van der Waals surface area (Å²) in [6.45, 7) is 4.10. The van der Waals surface area contributed by atoms with Crippen LogP contribution in [0.3, 0.4) is 0 Å². The molecule has 1 heterocycles. The summed E-state index contributed by atoms with van der Waals surface area (Å²) in [5.74, 6) is 1.34. The number of ether oxygens (including phenoxy) is 2. The lowest BCUT2D eigenvalue weighted by atomic mass is 10.1. The normalized spacial score (nSPS) is 15.9. The molecule has 1 atom stereocenters. The molecule has 1 aromatic carbocycles. The van der Waals surface area contributed by atoms with E-state index in [1.54, 1.807) is 0 Å². The number of halogens is 1. The van der Waals surface area contributed by atoms with Crippen molar-refractivity contribution in [2.75, 3.05) is 19.8 Å². The molecule has 2 N–H and O–H groups in total. The zero-order valence-corrected chi connectivity index (χ0v) is 11.9. The van der Waals surface area contributed by atoms with Crippen LogP contribution in [0, 0.1) is 0 Å². The Bertz CT molecular complexity index is 421. The first-order chi connectivity index (χ1) is 9.24. The summed E-state index contributed by atoms with van der Waals surface area (Å²) in [6.07, 6.45) is 1.75. The minimum atomic E-state index is 0.106. The number of hydrogen-bond acceptors (Lipinski definition) is 4. The van der Waals surface area contributed by atoms with E-state index in [0.717, 1.165) is 18.4 Å². The van der Waals surface area contributed by atoms with E-state index in [4.69, 9.17) is 26.2 Å². The zero-order chi connectivity index (χ0) is 13.7. The Morgan fingerprint density at radius 2 is 2.16 bits per heavy atom. The molecule has 0 fully saturated rings. The molecule has 1 aliphatic heterocycles. The minimum Gasteiger partial charge on any atom is -0.489 e. The van der Waals surface area contributed by atoms with Crippen LogP contribution >= 0.6 is 11.6 Å². The van der Waals surface area contributed by atoms with E-state index in [2.05, 4.69) is 5.32 Å². The van der Waals surface area contributed by atoms with Gasteiger partial charge in [-0.3, -0.25) is 0 Å². The fourth-order valence-electron chi connectivity index (χ4n) is 1.99. The van der Waals surface area contributed by atoms with Crippen LogP contribution in [0.15, 0.2) is 12.1 Å². The van der Waals surface area contributed by atoms with Crippen LogP contribution in [0.5, 0.6) is 11.5 Å². The van der Waals surface area contributed by atoms with Gasteiger partial charge in [0.1, 0.15) is 0 Å². The molecule has 0 saturated heterocycles. The van der Waals surface area contributed by atoms with Crippen LogP contribution in [0.25, 0.3) is 0 Å². The molecule has 0 bridgehead atoms. The molecule has 2 rings (SSSR count). The number of aliphatic hydroxyl groups is 1. The molecule has 0 unspecified atom stereocenters. The van der Waals surface area contributed by atoms with E-state index in [1.807, 2.05) is 19.1 Å². The van der Waals surface area contributed by atoms with Crippen LogP contribution < -0.4 is 14.8 Å². The number of fused-ring (bicyclic) bond motifs is 1. The van der Waals surface area contributed by atoms with Gasteiger partial charge in [-0.1, -0.05) is 18.5 Å². The number of benzene rings is 1. The van der Waals surface area contributed by atoms with E-state index in [-0.39, 0.29) is 12.6 Å². The molecule has 0 aromatic heterocycles. The third-order valence-electron chi connectivity index (χ3n) is 3.17. The Morgan fingerprint density at radius 3 is 2.89 bits per heavy atom. The third-order valence-corrected chi connectivity index (χ3v) is 3.45. The summed E-state index contributed by atoms with van der Waals surface area (Å²) >= 11 is 6.22. The quantitative estimate of drug-likeness (QED) is 0.872. The van der Waals surface area contributed by atoms with Crippen molar-refractivity contribution in [1.29, 1.82) is 0 Å². The lowest BCUT2D eigenvalue weighted by Crippen LogP contribution is -2.31. The van der Waals surface area contributed by atoms with Gasteiger partial charge in [-0.2, -0.15) is 0 Å². The minimum absolute atomic E-state index is 0.106. The Balaban J connectivity index is 2.10. The molecular weight excluding hydrogens is 266 g/mol. The summed E-state index contributed by atoms with van der Waals surface area (Å²) in [5, 5.41) is 13.0. The maximum absolute atomic E-state index is 9.15. The maximum Gasteiger partial charge on any atom is 0.179 e. The molecule has 0 aliphatic carbocycles. The summed E-state index contributed by atoms with van der Waals surface area (Å²) in [4.78, 5) is 0. The number of nitrogens with one attached hydrogen (secondary N) is 1. The second-order valence-corrected chi connectivity index (χ2v) is 5.03. The molecule has 0 amide bonds. The van der Waals surface area contributed by atoms with Crippen molar-refractivity contribution in [3.63, 3.8) is 0 Å². The highest BCUT2D eigenvalue weighted by Crippen LogP contribution is 2.37. The van der Waals surface area contributed by atoms with Crippen molar-refractivity contribution in [3.05, 3.63) is 22.7 Å². The predicted molar refractivity (Wildman–Crippen MR) is 75.1 cm³/mol. The lowest BCUT2D eigenvalue weighted by molar-refractivity contribution is 0.238. The highest BCUT2D eigenvalue weighted by atomic mass is 35.5. The summed E-state index contributed by atoms with van der Waals surface area (Å²) in [6, 6.07) is 3.94. The molecule has 5 heteroatoms. The second-order valence-electron chi connectivity index (χ2n) is 4.62. The van der Waals surface area contributed by atoms with Crippen molar-refractivity contribution in [2.24, 2.45) is 0 Å². The first-order valence-electron chi connectivity index (χ1n) is 6.66. The summed E-state index contributed by atoms with van der Waals surface area (Å²) < 4.78 is 11.2. The first kappa shape index (κ1) is 14.4. The van der Waals surface area contributed by atoms with E-state index < -0.39 is 0 Å². The number of hydrogen-bond donors (Lipinski definition) is 2. The maximum atomic E-state index is 9.15. The molecule has 0 radical (unpaired) electrons. The highest BCUT2D eigenvalue weighted by molar-refractivity contribution is 6.32. The van der Waals surface area contributed by atoms with E-state index in [0.29, 0.717) is 36.3 Å². The van der Waals surface area contributed by atoms with Gasteiger partial charge in [0.05, 0.1) is 24.8 Å². The molecule has 19 heavy (non-hydrogen) atoms. The third kappa shape index (κ3) is 3.75. The van der Waals surface area contributed by atoms with E-state index >= 15 is 0 Å². The van der Waals surface area contributed by atoms with Crippen LogP contribution in [0.2, 0.25) is 5.02 Å². The number of rotatable bonds is 5. The van der Waals surface area contributed by atoms with Gasteiger partial charge in [0.25, 0.3) is 0 Å². The zero-order valence-electron chi connectivity index (χ0n) is 11.1. The van der Waals surface area contributed by atoms with E-state index in [1.165, 1.54) is 0 Å². The molecule has 4 nitrogen and oxygen atoms in total. The fraction of sp³-hybridized carbons (Fsp3) is 0.571. The smallest absolute Gasteiger partial charge is 0.179 e. The van der Waals surface area contributed by atoms with Crippen molar-refractivity contribution < 1.29 is 14.6 Å². The molecule has 106 valence electrons. The molecule has 1 aromatic rings. The Hall–Kier alpha value is -0.970. The molecular formula is C14H20ClNO3. The average Bonchev–Trinajstić information content (AvgIpc) is 2.65. The topological polar surface area (TPSA) is 50.7 Å². The fourth-order valence-corrected chi connectivity index (χ4v) is 2.27. The van der Waals surface area contributed by atoms with Gasteiger partial charge in [-0.05, 0) is 24.1 Å². The SMILES string of the molecule is CC[C@@H](CO)NCc1cc(Cl)c2c(c1)OCCCO2. The predicted octanol–water partition coefficient (Wildman–Crippen LogP) is 2.36. The molecule has 1 aliphatic rings. The summed E-state index contributed by atoms with van der Waals surface area (Å²) in [7, 11) is 0. The summed E-state index contributed by atoms with van der Waals surface area (Å²) in [5.41, 5.74) is 1.03. The van der Waals surface area contributed by atoms with Gasteiger partial charge in [-0.15, -0.1) is 0 Å². The Kier molecular flexibility index (Phi) is 5.31. The molecule has 0 spiro atoms. The monoisotopic (exact) mass is 285 g/mol. The largest absolute Gasteiger partial charge is 0.489 e. The van der Waals surface area contributed by atoms with Crippen LogP contribution in [0.1, 0.15) is 25.3 Å². The van der Waals surface area contributed by atoms with Gasteiger partial charge in [0.2, 0.25) is 0 Å². The Labute approximate surface area is 118 Å². The van der Waals surface area contributed by atoms with Gasteiger partial charge >= 0.3 is 0 Å². The van der Waals surface area contributed by atoms with Crippen molar-refractivity contribution in [1.82, 2.24) is 5.32 Å². The Morgan fingerprint density at radius 1 is 1.37 bits per heavy atom.